The summed E-state index contributed by atoms with van der Waals surface area (Å²) in [6.45, 7) is 27.1. The average molecular weight is 1020 g/mol. The average Bonchev–Trinajstić information content (AvgIpc) is 4.01. The molecule has 3 amide bonds. The quantitative estimate of drug-likeness (QED) is 0.0729. The van der Waals surface area contributed by atoms with Crippen molar-refractivity contribution in [2.24, 2.45) is 11.8 Å². The largest absolute Gasteiger partial charge is 0.480 e. The van der Waals surface area contributed by atoms with E-state index in [-0.39, 0.29) is 41.8 Å². The Balaban J connectivity index is 0.000000415. The van der Waals surface area contributed by atoms with Crippen LogP contribution < -0.4 is 5.32 Å². The summed E-state index contributed by atoms with van der Waals surface area (Å²) in [7, 11) is 2.77. The van der Waals surface area contributed by atoms with Crippen LogP contribution in [0.15, 0.2) is 110 Å². The second-order valence-corrected chi connectivity index (χ2v) is 20.0. The number of allylic oxidation sites excluding steroid dienone is 2. The number of rotatable bonds is 20. The van der Waals surface area contributed by atoms with Gasteiger partial charge in [-0.2, -0.15) is 0 Å². The Labute approximate surface area is 436 Å². The van der Waals surface area contributed by atoms with Crippen molar-refractivity contribution in [3.8, 4) is 0 Å². The Morgan fingerprint density at radius 3 is 1.55 bits per heavy atom. The number of methoxy groups -OCH3 is 2. The molecule has 15 nitrogen and oxygen atoms in total. The van der Waals surface area contributed by atoms with Gasteiger partial charge < -0.3 is 29.0 Å². The lowest BCUT2D eigenvalue weighted by atomic mass is 9.95. The number of ether oxygens (including phenoxy) is 4. The molecular formula is C58H86N4O11. The number of nitrogens with zero attached hydrogens (tertiary/aromatic N) is 3. The topological polar surface area (TPSA) is 181 Å². The Bertz CT molecular complexity index is 2110. The summed E-state index contributed by atoms with van der Waals surface area (Å²) >= 11 is 0. The minimum atomic E-state index is -1.02. The molecule has 0 bridgehead atoms. The molecular weight excluding hydrogens is 929 g/mol. The number of carboxylic acid groups (broad SMARTS) is 1. The van der Waals surface area contributed by atoms with Crippen LogP contribution in [0.25, 0.3) is 0 Å². The summed E-state index contributed by atoms with van der Waals surface area (Å²) in [6, 6.07) is 16.6. The van der Waals surface area contributed by atoms with Crippen LogP contribution in [0, 0.1) is 11.8 Å². The predicted molar refractivity (Wildman–Crippen MR) is 287 cm³/mol. The van der Waals surface area contributed by atoms with E-state index in [0.29, 0.717) is 45.2 Å². The number of benzene rings is 2. The van der Waals surface area contributed by atoms with E-state index in [1.54, 1.807) is 58.6 Å². The van der Waals surface area contributed by atoms with Gasteiger partial charge in [0.1, 0.15) is 35.4 Å². The van der Waals surface area contributed by atoms with Crippen LogP contribution in [0.4, 0.5) is 9.59 Å². The lowest BCUT2D eigenvalue weighted by molar-refractivity contribution is -0.156. The van der Waals surface area contributed by atoms with Gasteiger partial charge in [0.2, 0.25) is 5.91 Å². The van der Waals surface area contributed by atoms with Crippen LogP contribution in [0.2, 0.25) is 0 Å². The molecule has 0 aliphatic carbocycles. The molecule has 0 spiro atoms. The molecule has 0 radical (unpaired) electrons. The highest BCUT2D eigenvalue weighted by Gasteiger charge is 2.48. The van der Waals surface area contributed by atoms with E-state index in [2.05, 4.69) is 44.5 Å². The molecule has 2 saturated heterocycles. The zero-order valence-electron chi connectivity index (χ0n) is 45.7. The van der Waals surface area contributed by atoms with Crippen LogP contribution in [0.3, 0.4) is 0 Å². The number of hydrogen-bond acceptors (Lipinski definition) is 11. The molecule has 404 valence electrons. The number of hydrogen-bond donors (Lipinski definition) is 2. The van der Waals surface area contributed by atoms with Crippen LogP contribution in [-0.4, -0.2) is 131 Å². The normalized spacial score (nSPS) is 19.2. The van der Waals surface area contributed by atoms with Gasteiger partial charge in [0, 0.05) is 37.4 Å². The van der Waals surface area contributed by atoms with E-state index in [4.69, 9.17) is 24.1 Å². The van der Waals surface area contributed by atoms with E-state index < -0.39 is 53.5 Å². The van der Waals surface area contributed by atoms with Gasteiger partial charge >= 0.3 is 30.1 Å². The standard InChI is InChI=1S/C29H42N2O5.C17H25NO2.C12H19NO4/c1-8-11-17-23(10-3)31(24(27(33)35-7)20-21-15-13-12-14-16-21)26(32)25-22(9-2)18-19-30(25)28(34)36-29(4,5)6;1-4-6-12-15(5-2)18-16(17(19)20-3)13-14-10-8-7-9-11-14;1-5-8-6-7-13(9(8)10(14)15)11(16)17-12(2,3)4/h9,11-17,22-25H,2,8,10,18-20H2,1,3-7H3;6-12,15-16,18H,4-5,13H2,1-3H3;5,8-9H,1,6-7H2,2-4H3,(H,14,15)/b17-11+;12-6+;/t22-,23?,24?,25-;;8-,9-/m1.1/s1. The first-order chi connectivity index (χ1) is 34.5. The van der Waals surface area contributed by atoms with Crippen molar-refractivity contribution in [3.05, 3.63) is 121 Å². The van der Waals surface area contributed by atoms with Gasteiger partial charge in [-0.25, -0.2) is 19.2 Å². The zero-order valence-corrected chi connectivity index (χ0v) is 45.7. The molecule has 2 aliphatic heterocycles. The van der Waals surface area contributed by atoms with E-state index in [1.807, 2.05) is 86.7 Å². The number of esters is 2. The van der Waals surface area contributed by atoms with E-state index in [9.17, 15) is 28.8 Å². The maximum Gasteiger partial charge on any atom is 0.411 e. The maximum absolute atomic E-state index is 14.4. The van der Waals surface area contributed by atoms with E-state index >= 15 is 0 Å². The first-order valence-electron chi connectivity index (χ1n) is 25.7. The Kier molecular flexibility index (Phi) is 27.0. The molecule has 2 fully saturated rings. The SMILES string of the molecule is C=C[C@@H]1CCN(C(=O)OC(C)(C)C)[C@H]1C(=O)N(C(/C=C/CC)CC)C(Cc1ccccc1)C(=O)OC.C=C[C@@H]1CCN(C(=O)OC(C)(C)C)[C@H]1C(=O)O.CC/C=C/C(CC)NC(Cc1ccccc1)C(=O)OC. The van der Waals surface area contributed by atoms with Crippen molar-refractivity contribution in [2.75, 3.05) is 27.3 Å². The minimum Gasteiger partial charge on any atom is -0.480 e. The molecule has 0 aromatic heterocycles. The summed E-state index contributed by atoms with van der Waals surface area (Å²) < 4.78 is 20.9. The number of likely N-dealkylation sites (tertiary alicyclic amines) is 2. The first-order valence-corrected chi connectivity index (χ1v) is 25.7. The Hall–Kier alpha value is -6.22. The third-order valence-corrected chi connectivity index (χ3v) is 12.2. The van der Waals surface area contributed by atoms with Crippen LogP contribution >= 0.6 is 0 Å². The second kappa shape index (κ2) is 31.4. The van der Waals surface area contributed by atoms with Crippen LogP contribution in [-0.2, 0) is 51.0 Å². The van der Waals surface area contributed by atoms with Crippen LogP contribution in [0.5, 0.6) is 0 Å². The number of carbonyl (C=O) groups is 6. The molecule has 8 atom stereocenters. The summed E-state index contributed by atoms with van der Waals surface area (Å²) in [5.74, 6) is -2.49. The van der Waals surface area contributed by atoms with Gasteiger partial charge in [0.25, 0.3) is 0 Å². The number of nitrogens with one attached hydrogen (secondary N) is 1. The summed E-state index contributed by atoms with van der Waals surface area (Å²) in [5, 5.41) is 12.5. The Morgan fingerprint density at radius 2 is 1.14 bits per heavy atom. The van der Waals surface area contributed by atoms with Crippen molar-refractivity contribution in [1.82, 2.24) is 20.0 Å². The number of carboxylic acids is 1. The molecule has 2 aliphatic rings. The summed E-state index contributed by atoms with van der Waals surface area (Å²) in [5.41, 5.74) is 0.723. The van der Waals surface area contributed by atoms with Crippen molar-refractivity contribution in [3.63, 3.8) is 0 Å². The lowest BCUT2D eigenvalue weighted by Gasteiger charge is -2.39. The highest BCUT2D eigenvalue weighted by Crippen LogP contribution is 2.32. The van der Waals surface area contributed by atoms with Crippen molar-refractivity contribution in [1.29, 1.82) is 0 Å². The predicted octanol–water partition coefficient (Wildman–Crippen LogP) is 10.1. The molecule has 4 rings (SSSR count). The minimum absolute atomic E-state index is 0.197. The third-order valence-electron chi connectivity index (χ3n) is 12.2. The van der Waals surface area contributed by atoms with Gasteiger partial charge in [-0.15, -0.1) is 13.2 Å². The smallest absolute Gasteiger partial charge is 0.411 e. The number of amides is 3. The maximum atomic E-state index is 14.4. The van der Waals surface area contributed by atoms with E-state index in [0.717, 1.165) is 30.4 Å². The fourth-order valence-corrected chi connectivity index (χ4v) is 8.57. The molecule has 2 N–H and O–H groups in total. The monoisotopic (exact) mass is 1010 g/mol. The fourth-order valence-electron chi connectivity index (χ4n) is 8.57. The number of carbonyl (C=O) groups excluding carboxylic acids is 5. The molecule has 2 aromatic rings. The molecule has 73 heavy (non-hydrogen) atoms. The summed E-state index contributed by atoms with van der Waals surface area (Å²) in [6.07, 6.45) is 15.9. The lowest BCUT2D eigenvalue weighted by Crippen LogP contribution is -2.58. The van der Waals surface area contributed by atoms with Crippen LogP contribution in [0.1, 0.15) is 119 Å². The van der Waals surface area contributed by atoms with Crippen molar-refractivity contribution >= 4 is 36.0 Å². The number of aliphatic carboxylic acids is 1. The Morgan fingerprint density at radius 1 is 0.685 bits per heavy atom. The highest BCUT2D eigenvalue weighted by molar-refractivity contribution is 5.91. The second-order valence-electron chi connectivity index (χ2n) is 20.0. The van der Waals surface area contributed by atoms with Gasteiger partial charge in [0.05, 0.1) is 20.3 Å². The van der Waals surface area contributed by atoms with Crippen molar-refractivity contribution < 1.29 is 52.8 Å². The molecule has 0 saturated carbocycles. The fraction of sp³-hybridized carbons (Fsp3) is 0.552. The van der Waals surface area contributed by atoms with Gasteiger partial charge in [-0.3, -0.25) is 24.7 Å². The van der Waals surface area contributed by atoms with Gasteiger partial charge in [0.15, 0.2) is 0 Å². The zero-order chi connectivity index (χ0) is 54.9. The van der Waals surface area contributed by atoms with E-state index in [1.165, 1.54) is 24.0 Å². The molecule has 2 heterocycles. The van der Waals surface area contributed by atoms with Gasteiger partial charge in [-0.05, 0) is 97.6 Å². The first kappa shape index (κ1) is 62.9. The molecule has 15 heteroatoms. The molecule has 4 unspecified atom stereocenters. The highest BCUT2D eigenvalue weighted by atomic mass is 16.6. The third kappa shape index (κ3) is 20.7. The van der Waals surface area contributed by atoms with Crippen molar-refractivity contribution in [2.45, 2.75) is 168 Å². The summed E-state index contributed by atoms with van der Waals surface area (Å²) in [4.78, 5) is 80.0. The van der Waals surface area contributed by atoms with Gasteiger partial charge in [-0.1, -0.05) is 125 Å². The molecule has 2 aromatic carbocycles.